The number of nitrogens with one attached hydrogen (secondary N) is 1. The zero-order valence-corrected chi connectivity index (χ0v) is 15.3. The highest BCUT2D eigenvalue weighted by Gasteiger charge is 2.13. The van der Waals surface area contributed by atoms with E-state index in [4.69, 9.17) is 4.42 Å². The van der Waals surface area contributed by atoms with Gasteiger partial charge in [0.05, 0.1) is 22.3 Å². The molecule has 5 nitrogen and oxygen atoms in total. The topological polar surface area (TPSA) is 68.0 Å². The predicted octanol–water partition coefficient (Wildman–Crippen LogP) is 4.81. The summed E-state index contributed by atoms with van der Waals surface area (Å²) in [5, 5.41) is 6.14. The van der Waals surface area contributed by atoms with E-state index in [-0.39, 0.29) is 12.3 Å². The van der Waals surface area contributed by atoms with Crippen LogP contribution in [0.15, 0.2) is 40.1 Å². The first-order valence-corrected chi connectivity index (χ1v) is 9.45. The second-order valence-electron chi connectivity index (χ2n) is 5.77. The number of rotatable bonds is 4. The van der Waals surface area contributed by atoms with Crippen molar-refractivity contribution in [2.45, 2.75) is 20.3 Å². The summed E-state index contributed by atoms with van der Waals surface area (Å²) in [5.74, 6) is 1.45. The van der Waals surface area contributed by atoms with Gasteiger partial charge in [-0.1, -0.05) is 17.4 Å². The van der Waals surface area contributed by atoms with Gasteiger partial charge in [-0.2, -0.15) is 0 Å². The molecule has 0 spiro atoms. The number of carbonyl (C=O) groups is 1. The van der Waals surface area contributed by atoms with Crippen LogP contribution in [0.4, 0.5) is 5.13 Å². The van der Waals surface area contributed by atoms with Gasteiger partial charge in [-0.3, -0.25) is 4.79 Å². The van der Waals surface area contributed by atoms with E-state index in [9.17, 15) is 4.79 Å². The number of anilines is 1. The second-order valence-corrected chi connectivity index (χ2v) is 7.66. The number of furan rings is 1. The van der Waals surface area contributed by atoms with Crippen LogP contribution in [0.1, 0.15) is 17.0 Å². The van der Waals surface area contributed by atoms with Gasteiger partial charge in [0.15, 0.2) is 15.9 Å². The third-order valence-corrected chi connectivity index (χ3v) is 5.47. The Balaban J connectivity index is 1.45. The molecule has 0 radical (unpaired) electrons. The lowest BCUT2D eigenvalue weighted by atomic mass is 10.2. The van der Waals surface area contributed by atoms with Gasteiger partial charge in [0, 0.05) is 5.38 Å². The Morgan fingerprint density at radius 1 is 1.20 bits per heavy atom. The van der Waals surface area contributed by atoms with Crippen molar-refractivity contribution >= 4 is 43.9 Å². The van der Waals surface area contributed by atoms with Crippen molar-refractivity contribution in [3.63, 3.8) is 0 Å². The minimum atomic E-state index is -0.122. The highest BCUT2D eigenvalue weighted by Crippen LogP contribution is 2.28. The molecule has 1 aromatic carbocycles. The maximum atomic E-state index is 12.3. The first kappa shape index (κ1) is 16.0. The van der Waals surface area contributed by atoms with Gasteiger partial charge in [-0.25, -0.2) is 9.97 Å². The number of fused-ring (bicyclic) bond motifs is 1. The molecule has 0 aliphatic carbocycles. The average Bonchev–Trinajstić information content (AvgIpc) is 3.26. The average molecular weight is 369 g/mol. The van der Waals surface area contributed by atoms with Crippen molar-refractivity contribution in [1.82, 2.24) is 9.97 Å². The van der Waals surface area contributed by atoms with Crippen LogP contribution in [-0.2, 0) is 11.2 Å². The number of aryl methyl sites for hydroxylation is 2. The molecule has 3 aromatic heterocycles. The fourth-order valence-corrected chi connectivity index (χ4v) is 4.22. The number of hydrogen-bond donors (Lipinski definition) is 1. The standard InChI is InChI=1S/C18H15N3O2S2/c1-10-3-5-13-15(7-10)25-18(20-13)21-16(22)8-12-9-24-17(19-12)14-6-4-11(2)23-14/h3-7,9H,8H2,1-2H3,(H,20,21,22). The summed E-state index contributed by atoms with van der Waals surface area (Å²) < 4.78 is 6.63. The van der Waals surface area contributed by atoms with E-state index in [0.717, 1.165) is 32.4 Å². The number of hydrogen-bond acceptors (Lipinski definition) is 6. The van der Waals surface area contributed by atoms with E-state index in [1.54, 1.807) is 0 Å². The molecular weight excluding hydrogens is 354 g/mol. The quantitative estimate of drug-likeness (QED) is 0.560. The van der Waals surface area contributed by atoms with Crippen LogP contribution >= 0.6 is 22.7 Å². The third-order valence-electron chi connectivity index (χ3n) is 3.63. The van der Waals surface area contributed by atoms with E-state index in [1.807, 2.05) is 43.5 Å². The van der Waals surface area contributed by atoms with Crippen molar-refractivity contribution in [3.05, 3.63) is 52.7 Å². The Morgan fingerprint density at radius 2 is 2.08 bits per heavy atom. The smallest absolute Gasteiger partial charge is 0.232 e. The summed E-state index contributed by atoms with van der Waals surface area (Å²) in [6, 6.07) is 9.84. The van der Waals surface area contributed by atoms with Crippen molar-refractivity contribution in [2.75, 3.05) is 5.32 Å². The highest BCUT2D eigenvalue weighted by molar-refractivity contribution is 7.22. The van der Waals surface area contributed by atoms with Crippen LogP contribution < -0.4 is 5.32 Å². The first-order chi connectivity index (χ1) is 12.1. The van der Waals surface area contributed by atoms with Gasteiger partial charge in [-0.05, 0) is 43.7 Å². The van der Waals surface area contributed by atoms with Gasteiger partial charge in [-0.15, -0.1) is 11.3 Å². The lowest BCUT2D eigenvalue weighted by Gasteiger charge is -1.98. The molecule has 4 rings (SSSR count). The number of amides is 1. The van der Waals surface area contributed by atoms with Gasteiger partial charge in [0.2, 0.25) is 5.91 Å². The summed E-state index contributed by atoms with van der Waals surface area (Å²) in [4.78, 5) is 21.2. The fraction of sp³-hybridized carbons (Fsp3) is 0.167. The van der Waals surface area contributed by atoms with Gasteiger partial charge < -0.3 is 9.73 Å². The van der Waals surface area contributed by atoms with E-state index in [2.05, 4.69) is 21.4 Å². The molecule has 0 aliphatic rings. The van der Waals surface area contributed by atoms with Crippen LogP contribution in [0.2, 0.25) is 0 Å². The van der Waals surface area contributed by atoms with Gasteiger partial charge >= 0.3 is 0 Å². The van der Waals surface area contributed by atoms with Crippen LogP contribution in [0.5, 0.6) is 0 Å². The van der Waals surface area contributed by atoms with E-state index in [1.165, 1.54) is 28.2 Å². The molecule has 3 heterocycles. The molecule has 25 heavy (non-hydrogen) atoms. The molecule has 0 saturated heterocycles. The van der Waals surface area contributed by atoms with Crippen LogP contribution in [0, 0.1) is 13.8 Å². The number of thiazole rings is 2. The van der Waals surface area contributed by atoms with Crippen molar-refractivity contribution in [3.8, 4) is 10.8 Å². The van der Waals surface area contributed by atoms with E-state index >= 15 is 0 Å². The fourth-order valence-electron chi connectivity index (χ4n) is 2.46. The van der Waals surface area contributed by atoms with Crippen LogP contribution in [0.25, 0.3) is 21.0 Å². The van der Waals surface area contributed by atoms with Gasteiger partial charge in [0.1, 0.15) is 5.76 Å². The zero-order valence-electron chi connectivity index (χ0n) is 13.7. The molecular formula is C18H15N3O2S2. The van der Waals surface area contributed by atoms with Crippen molar-refractivity contribution in [2.24, 2.45) is 0 Å². The molecule has 0 atom stereocenters. The molecule has 0 bridgehead atoms. The summed E-state index contributed by atoms with van der Waals surface area (Å²) >= 11 is 2.95. The summed E-state index contributed by atoms with van der Waals surface area (Å²) in [6.45, 7) is 3.93. The minimum Gasteiger partial charge on any atom is -0.459 e. The number of nitrogens with zero attached hydrogens (tertiary/aromatic N) is 2. The lowest BCUT2D eigenvalue weighted by molar-refractivity contribution is -0.115. The Morgan fingerprint density at radius 3 is 2.88 bits per heavy atom. The Hall–Kier alpha value is -2.51. The van der Waals surface area contributed by atoms with Gasteiger partial charge in [0.25, 0.3) is 0 Å². The Bertz CT molecular complexity index is 1060. The monoisotopic (exact) mass is 369 g/mol. The molecule has 126 valence electrons. The third kappa shape index (κ3) is 3.47. The minimum absolute atomic E-state index is 0.122. The summed E-state index contributed by atoms with van der Waals surface area (Å²) in [6.07, 6.45) is 0.213. The maximum Gasteiger partial charge on any atom is 0.232 e. The first-order valence-electron chi connectivity index (χ1n) is 7.75. The Labute approximate surface area is 152 Å². The van der Waals surface area contributed by atoms with E-state index in [0.29, 0.717) is 5.13 Å². The molecule has 0 fully saturated rings. The van der Waals surface area contributed by atoms with Crippen molar-refractivity contribution < 1.29 is 9.21 Å². The largest absolute Gasteiger partial charge is 0.459 e. The molecule has 0 unspecified atom stereocenters. The predicted molar refractivity (Wildman–Crippen MR) is 101 cm³/mol. The molecule has 1 N–H and O–H groups in total. The molecule has 7 heteroatoms. The number of carbonyl (C=O) groups excluding carboxylic acids is 1. The molecule has 0 saturated carbocycles. The maximum absolute atomic E-state index is 12.3. The summed E-state index contributed by atoms with van der Waals surface area (Å²) in [5.41, 5.74) is 2.80. The Kier molecular flexibility index (Phi) is 4.10. The number of benzene rings is 1. The molecule has 4 aromatic rings. The second kappa shape index (κ2) is 6.42. The molecule has 0 aliphatic heterocycles. The van der Waals surface area contributed by atoms with Crippen LogP contribution in [0.3, 0.4) is 0 Å². The lowest BCUT2D eigenvalue weighted by Crippen LogP contribution is -2.14. The molecule has 1 amide bonds. The van der Waals surface area contributed by atoms with Crippen molar-refractivity contribution in [1.29, 1.82) is 0 Å². The van der Waals surface area contributed by atoms with E-state index < -0.39 is 0 Å². The zero-order chi connectivity index (χ0) is 17.4. The van der Waals surface area contributed by atoms with Crippen LogP contribution in [-0.4, -0.2) is 15.9 Å². The normalized spacial score (nSPS) is 11.1. The summed E-state index contributed by atoms with van der Waals surface area (Å²) in [7, 11) is 0. The highest BCUT2D eigenvalue weighted by atomic mass is 32.1. The number of aromatic nitrogens is 2. The SMILES string of the molecule is Cc1ccc2nc(NC(=O)Cc3csc(-c4ccc(C)o4)n3)sc2c1.